The van der Waals surface area contributed by atoms with Crippen molar-refractivity contribution in [2.75, 3.05) is 13.1 Å². The lowest BCUT2D eigenvalue weighted by atomic mass is 10.2. The highest BCUT2D eigenvalue weighted by atomic mass is 16.4. The van der Waals surface area contributed by atoms with Gasteiger partial charge in [0.1, 0.15) is 0 Å². The molecule has 1 heterocycles. The number of hydrogen-bond donors (Lipinski definition) is 2. The maximum absolute atomic E-state index is 8.51. The van der Waals surface area contributed by atoms with E-state index in [1.165, 1.54) is 0 Å². The highest BCUT2D eigenvalue weighted by Gasteiger charge is 2.06. The Bertz CT molecular complexity index is 365. The van der Waals surface area contributed by atoms with Crippen molar-refractivity contribution >= 4 is 5.84 Å². The van der Waals surface area contributed by atoms with Gasteiger partial charge in [-0.1, -0.05) is 18.1 Å². The van der Waals surface area contributed by atoms with Crippen LogP contribution in [0.15, 0.2) is 23.6 Å². The first-order valence-electron chi connectivity index (χ1n) is 5.25. The number of amidine groups is 1. The Morgan fingerprint density at radius 3 is 2.88 bits per heavy atom. The van der Waals surface area contributed by atoms with E-state index < -0.39 is 0 Å². The molecular formula is C11H18N4O. The first-order valence-corrected chi connectivity index (χ1v) is 5.25. The average molecular weight is 222 g/mol. The smallest absolute Gasteiger partial charge is 0.153 e. The van der Waals surface area contributed by atoms with Gasteiger partial charge in [0.15, 0.2) is 5.84 Å². The molecule has 0 aromatic carbocycles. The number of likely N-dealkylation sites (N-methyl/N-ethyl adjacent to an activating group) is 1. The number of pyridine rings is 1. The highest BCUT2D eigenvalue weighted by molar-refractivity contribution is 5.81. The second-order valence-corrected chi connectivity index (χ2v) is 3.77. The second kappa shape index (κ2) is 6.07. The summed E-state index contributed by atoms with van der Waals surface area (Å²) < 4.78 is 0. The molecule has 0 aliphatic rings. The minimum atomic E-state index is 0.225. The number of nitrogens with zero attached hydrogens (tertiary/aromatic N) is 3. The van der Waals surface area contributed by atoms with E-state index in [2.05, 4.69) is 21.1 Å². The summed E-state index contributed by atoms with van der Waals surface area (Å²) in [6, 6.07) is 2.09. The van der Waals surface area contributed by atoms with Crippen molar-refractivity contribution in [2.45, 2.75) is 20.4 Å². The van der Waals surface area contributed by atoms with Crippen LogP contribution in [0.5, 0.6) is 0 Å². The van der Waals surface area contributed by atoms with Gasteiger partial charge in [0.2, 0.25) is 0 Å². The van der Waals surface area contributed by atoms with Crippen LogP contribution in [0.1, 0.15) is 18.1 Å². The third-order valence-corrected chi connectivity index (χ3v) is 2.30. The minimum Gasteiger partial charge on any atom is -0.409 e. The summed E-state index contributed by atoms with van der Waals surface area (Å²) >= 11 is 0. The van der Waals surface area contributed by atoms with E-state index in [1.807, 2.05) is 26.2 Å². The molecule has 0 saturated carbocycles. The quantitative estimate of drug-likeness (QED) is 0.337. The molecule has 16 heavy (non-hydrogen) atoms. The molecule has 88 valence electrons. The minimum absolute atomic E-state index is 0.225. The number of aryl methyl sites for hydroxylation is 1. The fraction of sp³-hybridized carbons (Fsp3) is 0.455. The van der Waals surface area contributed by atoms with E-state index in [9.17, 15) is 0 Å². The standard InChI is InChI=1S/C11H18N4O/c1-3-15(8-11(12)14-16)7-10-4-9(2)5-13-6-10/h4-6,16H,3,7-8H2,1-2H3,(H2,12,14). The maximum Gasteiger partial charge on any atom is 0.153 e. The van der Waals surface area contributed by atoms with Gasteiger partial charge in [-0.25, -0.2) is 0 Å². The molecule has 1 aromatic heterocycles. The van der Waals surface area contributed by atoms with Crippen molar-refractivity contribution in [3.05, 3.63) is 29.6 Å². The molecule has 1 rings (SSSR count). The van der Waals surface area contributed by atoms with Gasteiger partial charge in [0.05, 0.1) is 6.54 Å². The summed E-state index contributed by atoms with van der Waals surface area (Å²) in [5.41, 5.74) is 7.74. The molecule has 0 fully saturated rings. The van der Waals surface area contributed by atoms with Crippen LogP contribution in [-0.2, 0) is 6.54 Å². The zero-order valence-corrected chi connectivity index (χ0v) is 9.72. The summed E-state index contributed by atoms with van der Waals surface area (Å²) in [4.78, 5) is 6.21. The average Bonchev–Trinajstić information content (AvgIpc) is 2.28. The molecule has 0 spiro atoms. The predicted octanol–water partition coefficient (Wildman–Crippen LogP) is 0.958. The van der Waals surface area contributed by atoms with E-state index in [0.29, 0.717) is 6.54 Å². The third-order valence-electron chi connectivity index (χ3n) is 2.30. The molecule has 0 aliphatic carbocycles. The van der Waals surface area contributed by atoms with E-state index in [0.717, 1.165) is 24.2 Å². The van der Waals surface area contributed by atoms with Crippen molar-refractivity contribution in [1.29, 1.82) is 0 Å². The van der Waals surface area contributed by atoms with Crippen molar-refractivity contribution in [2.24, 2.45) is 10.9 Å². The fourth-order valence-corrected chi connectivity index (χ4v) is 1.50. The summed E-state index contributed by atoms with van der Waals surface area (Å²) in [6.45, 7) is 6.09. The Kier molecular flexibility index (Phi) is 4.72. The normalized spacial score (nSPS) is 12.1. The third kappa shape index (κ3) is 3.86. The lowest BCUT2D eigenvalue weighted by Gasteiger charge is -2.19. The predicted molar refractivity (Wildman–Crippen MR) is 63.3 cm³/mol. The van der Waals surface area contributed by atoms with Gasteiger partial charge in [-0.05, 0) is 24.6 Å². The first-order chi connectivity index (χ1) is 7.65. The molecule has 5 nitrogen and oxygen atoms in total. The SMILES string of the molecule is CCN(C/C(N)=N/O)Cc1cncc(C)c1. The van der Waals surface area contributed by atoms with Crippen LogP contribution < -0.4 is 5.73 Å². The van der Waals surface area contributed by atoms with Crippen LogP contribution in [0.4, 0.5) is 0 Å². The first kappa shape index (κ1) is 12.4. The summed E-state index contributed by atoms with van der Waals surface area (Å²) in [7, 11) is 0. The molecule has 5 heteroatoms. The topological polar surface area (TPSA) is 74.7 Å². The molecule has 3 N–H and O–H groups in total. The van der Waals surface area contributed by atoms with Gasteiger partial charge in [-0.15, -0.1) is 0 Å². The monoisotopic (exact) mass is 222 g/mol. The highest BCUT2D eigenvalue weighted by Crippen LogP contribution is 2.05. The largest absolute Gasteiger partial charge is 0.409 e. The maximum atomic E-state index is 8.51. The van der Waals surface area contributed by atoms with Crippen molar-refractivity contribution in [3.63, 3.8) is 0 Å². The second-order valence-electron chi connectivity index (χ2n) is 3.77. The van der Waals surface area contributed by atoms with Crippen molar-refractivity contribution in [3.8, 4) is 0 Å². The molecule has 0 atom stereocenters. The van der Waals surface area contributed by atoms with Crippen LogP contribution in [-0.4, -0.2) is 34.0 Å². The molecule has 0 aliphatic heterocycles. The Hall–Kier alpha value is -1.62. The summed E-state index contributed by atoms with van der Waals surface area (Å²) in [5, 5.41) is 11.5. The van der Waals surface area contributed by atoms with Gasteiger partial charge in [-0.3, -0.25) is 9.88 Å². The Morgan fingerprint density at radius 1 is 1.56 bits per heavy atom. The van der Waals surface area contributed by atoms with Crippen LogP contribution in [0.2, 0.25) is 0 Å². The Morgan fingerprint density at radius 2 is 2.31 bits per heavy atom. The molecule has 0 unspecified atom stereocenters. The van der Waals surface area contributed by atoms with E-state index in [4.69, 9.17) is 10.9 Å². The van der Waals surface area contributed by atoms with E-state index >= 15 is 0 Å². The van der Waals surface area contributed by atoms with Crippen molar-refractivity contribution < 1.29 is 5.21 Å². The van der Waals surface area contributed by atoms with Gasteiger partial charge in [0, 0.05) is 18.9 Å². The molecule has 0 amide bonds. The molecule has 0 radical (unpaired) electrons. The van der Waals surface area contributed by atoms with Gasteiger partial charge >= 0.3 is 0 Å². The van der Waals surface area contributed by atoms with Crippen molar-refractivity contribution in [1.82, 2.24) is 9.88 Å². The molecular weight excluding hydrogens is 204 g/mol. The van der Waals surface area contributed by atoms with E-state index in [1.54, 1.807) is 0 Å². The number of aromatic nitrogens is 1. The fourth-order valence-electron chi connectivity index (χ4n) is 1.50. The lowest BCUT2D eigenvalue weighted by molar-refractivity contribution is 0.294. The Balaban J connectivity index is 2.63. The van der Waals surface area contributed by atoms with Gasteiger partial charge in [0.25, 0.3) is 0 Å². The Labute approximate surface area is 95.6 Å². The van der Waals surface area contributed by atoms with Crippen LogP contribution in [0, 0.1) is 6.92 Å². The number of oxime groups is 1. The molecule has 0 bridgehead atoms. The zero-order valence-electron chi connectivity index (χ0n) is 9.72. The summed E-state index contributed by atoms with van der Waals surface area (Å²) in [6.07, 6.45) is 3.66. The van der Waals surface area contributed by atoms with E-state index in [-0.39, 0.29) is 5.84 Å². The molecule has 1 aromatic rings. The number of rotatable bonds is 5. The zero-order chi connectivity index (χ0) is 12.0. The van der Waals surface area contributed by atoms with Crippen LogP contribution in [0.25, 0.3) is 0 Å². The van der Waals surface area contributed by atoms with Crippen LogP contribution >= 0.6 is 0 Å². The van der Waals surface area contributed by atoms with Gasteiger partial charge < -0.3 is 10.9 Å². The number of hydrogen-bond acceptors (Lipinski definition) is 4. The van der Waals surface area contributed by atoms with Crippen LogP contribution in [0.3, 0.4) is 0 Å². The molecule has 0 saturated heterocycles. The lowest BCUT2D eigenvalue weighted by Crippen LogP contribution is -2.33. The van der Waals surface area contributed by atoms with Gasteiger partial charge in [-0.2, -0.15) is 0 Å². The number of nitrogens with two attached hydrogens (primary N) is 1. The summed E-state index contributed by atoms with van der Waals surface area (Å²) in [5.74, 6) is 0.225.